The van der Waals surface area contributed by atoms with Gasteiger partial charge in [-0.3, -0.25) is 9.59 Å². The van der Waals surface area contributed by atoms with Crippen LogP contribution in [0.5, 0.6) is 0 Å². The van der Waals surface area contributed by atoms with E-state index in [-0.39, 0.29) is 12.3 Å². The number of aryl methyl sites for hydroxylation is 2. The number of amides is 1. The summed E-state index contributed by atoms with van der Waals surface area (Å²) < 4.78 is 2.24. The molecule has 0 spiro atoms. The van der Waals surface area contributed by atoms with Crippen molar-refractivity contribution in [2.75, 3.05) is 6.54 Å². The Balaban J connectivity index is 0.00000149. The number of carboxylic acids is 1. The molecule has 0 fully saturated rings. The van der Waals surface area contributed by atoms with Crippen LogP contribution in [0.1, 0.15) is 73.9 Å². The molecule has 1 N–H and O–H groups in total. The number of hydrogen-bond donors (Lipinski definition) is 1. The number of carbonyl (C=O) groups is 2. The highest BCUT2D eigenvalue weighted by atomic mass is 16.4. The van der Waals surface area contributed by atoms with Gasteiger partial charge in [-0.25, -0.2) is 0 Å². The normalized spacial score (nSPS) is 12.2. The third-order valence-corrected chi connectivity index (χ3v) is 6.13. The summed E-state index contributed by atoms with van der Waals surface area (Å²) in [5.41, 5.74) is 4.46. The molecule has 2 heterocycles. The predicted molar refractivity (Wildman–Crippen MR) is 134 cm³/mol. The fourth-order valence-electron chi connectivity index (χ4n) is 4.59. The van der Waals surface area contributed by atoms with Gasteiger partial charge in [-0.15, -0.1) is 0 Å². The van der Waals surface area contributed by atoms with Crippen LogP contribution in [0.2, 0.25) is 0 Å². The zero-order chi connectivity index (χ0) is 23.6. The molecule has 4 rings (SSSR count). The Morgan fingerprint density at radius 1 is 0.970 bits per heavy atom. The molecule has 3 aromatic rings. The van der Waals surface area contributed by atoms with Crippen LogP contribution < -0.4 is 0 Å². The largest absolute Gasteiger partial charge is 0.481 e. The van der Waals surface area contributed by atoms with Gasteiger partial charge in [0.05, 0.1) is 11.1 Å². The molecule has 176 valence electrons. The molecule has 0 saturated heterocycles. The van der Waals surface area contributed by atoms with E-state index in [0.717, 1.165) is 55.2 Å². The topological polar surface area (TPSA) is 62.5 Å². The fourth-order valence-corrected chi connectivity index (χ4v) is 4.59. The van der Waals surface area contributed by atoms with Gasteiger partial charge < -0.3 is 14.6 Å². The van der Waals surface area contributed by atoms with Gasteiger partial charge in [0, 0.05) is 37.6 Å². The van der Waals surface area contributed by atoms with Crippen LogP contribution in [-0.4, -0.2) is 33.0 Å². The van der Waals surface area contributed by atoms with Crippen molar-refractivity contribution < 1.29 is 14.7 Å². The number of benzene rings is 2. The standard InChI is InChI=1S/C26H30N2O3.C2H6/c29-24(30)15-6-1-2-7-16-28(18-20-10-4-3-5-11-20)26(31)23-19-27-17-9-13-21-12-8-14-22(23)25(21)27;1-2/h3-5,8,10-12,14,19H,1-2,6-7,9,13,15-18H2,(H,29,30);1-2H3. The van der Waals surface area contributed by atoms with Crippen LogP contribution in [-0.2, 0) is 24.3 Å². The number of aromatic nitrogens is 1. The molecule has 0 radical (unpaired) electrons. The first-order valence-electron chi connectivity index (χ1n) is 12.3. The molecule has 0 saturated carbocycles. The molecule has 1 aliphatic heterocycles. The van der Waals surface area contributed by atoms with Crippen molar-refractivity contribution in [2.24, 2.45) is 0 Å². The molecule has 0 aliphatic carbocycles. The fraction of sp³-hybridized carbons (Fsp3) is 0.429. The highest BCUT2D eigenvalue weighted by Gasteiger charge is 2.23. The van der Waals surface area contributed by atoms with Crippen molar-refractivity contribution in [3.63, 3.8) is 0 Å². The van der Waals surface area contributed by atoms with E-state index in [4.69, 9.17) is 5.11 Å². The maximum absolute atomic E-state index is 13.7. The lowest BCUT2D eigenvalue weighted by molar-refractivity contribution is -0.137. The van der Waals surface area contributed by atoms with Crippen molar-refractivity contribution >= 4 is 22.8 Å². The van der Waals surface area contributed by atoms with Crippen molar-refractivity contribution in [1.82, 2.24) is 9.47 Å². The third-order valence-electron chi connectivity index (χ3n) is 6.13. The lowest BCUT2D eigenvalue weighted by Gasteiger charge is -2.23. The summed E-state index contributed by atoms with van der Waals surface area (Å²) in [5, 5.41) is 9.86. The average Bonchev–Trinajstić information content (AvgIpc) is 3.22. The summed E-state index contributed by atoms with van der Waals surface area (Å²) in [7, 11) is 0. The maximum Gasteiger partial charge on any atom is 0.303 e. The van der Waals surface area contributed by atoms with Crippen LogP contribution in [0, 0.1) is 0 Å². The molecule has 0 unspecified atom stereocenters. The smallest absolute Gasteiger partial charge is 0.303 e. The first kappa shape index (κ1) is 24.6. The van der Waals surface area contributed by atoms with Gasteiger partial charge in [-0.05, 0) is 36.8 Å². The number of para-hydroxylation sites is 1. The highest BCUT2D eigenvalue weighted by molar-refractivity contribution is 6.07. The number of rotatable bonds is 10. The Kier molecular flexibility index (Phi) is 9.11. The Morgan fingerprint density at radius 2 is 1.73 bits per heavy atom. The monoisotopic (exact) mass is 448 g/mol. The van der Waals surface area contributed by atoms with Gasteiger partial charge in [-0.1, -0.05) is 75.2 Å². The summed E-state index contributed by atoms with van der Waals surface area (Å²) in [6.45, 7) is 6.22. The van der Waals surface area contributed by atoms with Gasteiger partial charge in [-0.2, -0.15) is 0 Å². The lowest BCUT2D eigenvalue weighted by Crippen LogP contribution is -2.31. The second-order valence-corrected chi connectivity index (χ2v) is 8.42. The number of carboxylic acid groups (broad SMARTS) is 1. The van der Waals surface area contributed by atoms with Crippen molar-refractivity contribution in [3.05, 3.63) is 71.4 Å². The van der Waals surface area contributed by atoms with Gasteiger partial charge in [0.1, 0.15) is 0 Å². The van der Waals surface area contributed by atoms with E-state index < -0.39 is 5.97 Å². The Hall–Kier alpha value is -3.08. The number of aliphatic carboxylic acids is 1. The zero-order valence-electron chi connectivity index (χ0n) is 19.9. The third kappa shape index (κ3) is 6.25. The predicted octanol–water partition coefficient (Wildman–Crippen LogP) is 6.29. The molecular formula is C28H36N2O3. The number of nitrogens with zero attached hydrogens (tertiary/aromatic N) is 2. The van der Waals surface area contributed by atoms with E-state index in [1.54, 1.807) is 0 Å². The van der Waals surface area contributed by atoms with Gasteiger partial charge in [0.25, 0.3) is 5.91 Å². The molecule has 1 amide bonds. The van der Waals surface area contributed by atoms with Crippen molar-refractivity contribution in [3.8, 4) is 0 Å². The minimum absolute atomic E-state index is 0.0807. The first-order valence-corrected chi connectivity index (χ1v) is 12.3. The Bertz CT molecular complexity index is 1060. The van der Waals surface area contributed by atoms with E-state index in [1.807, 2.05) is 43.1 Å². The molecule has 33 heavy (non-hydrogen) atoms. The molecule has 0 bridgehead atoms. The van der Waals surface area contributed by atoms with Crippen LogP contribution in [0.4, 0.5) is 0 Å². The van der Waals surface area contributed by atoms with E-state index in [0.29, 0.717) is 19.5 Å². The SMILES string of the molecule is CC.O=C(O)CCCCCCN(Cc1ccccc1)C(=O)c1cn2c3c(cccc13)CCC2. The van der Waals surface area contributed by atoms with Crippen LogP contribution in [0.25, 0.3) is 10.9 Å². The molecule has 0 atom stereocenters. The minimum Gasteiger partial charge on any atom is -0.481 e. The van der Waals surface area contributed by atoms with Crippen LogP contribution in [0.15, 0.2) is 54.7 Å². The summed E-state index contributed by atoms with van der Waals surface area (Å²) in [4.78, 5) is 26.3. The molecule has 2 aromatic carbocycles. The first-order chi connectivity index (χ1) is 16.1. The van der Waals surface area contributed by atoms with E-state index >= 15 is 0 Å². The maximum atomic E-state index is 13.7. The van der Waals surface area contributed by atoms with E-state index in [1.165, 1.54) is 11.1 Å². The molecule has 5 heteroatoms. The van der Waals surface area contributed by atoms with Crippen LogP contribution in [0.3, 0.4) is 0 Å². The second-order valence-electron chi connectivity index (χ2n) is 8.42. The van der Waals surface area contributed by atoms with Gasteiger partial charge in [0.2, 0.25) is 0 Å². The summed E-state index contributed by atoms with van der Waals surface area (Å²) in [6, 6.07) is 16.4. The zero-order valence-corrected chi connectivity index (χ0v) is 19.9. The number of unbranched alkanes of at least 4 members (excludes halogenated alkanes) is 3. The highest BCUT2D eigenvalue weighted by Crippen LogP contribution is 2.30. The Labute approximate surface area is 197 Å². The van der Waals surface area contributed by atoms with Crippen molar-refractivity contribution in [2.45, 2.75) is 71.9 Å². The van der Waals surface area contributed by atoms with Crippen LogP contribution >= 0.6 is 0 Å². The Morgan fingerprint density at radius 3 is 2.48 bits per heavy atom. The molecule has 1 aliphatic rings. The van der Waals surface area contributed by atoms with Crippen molar-refractivity contribution in [1.29, 1.82) is 0 Å². The lowest BCUT2D eigenvalue weighted by atomic mass is 10.0. The quantitative estimate of drug-likeness (QED) is 0.371. The molecule has 5 nitrogen and oxygen atoms in total. The number of hydrogen-bond acceptors (Lipinski definition) is 2. The summed E-state index contributed by atoms with van der Waals surface area (Å²) >= 11 is 0. The molecular weight excluding hydrogens is 412 g/mol. The number of carbonyl (C=O) groups excluding carboxylic acids is 1. The molecule has 1 aromatic heterocycles. The summed E-state index contributed by atoms with van der Waals surface area (Å²) in [5.74, 6) is -0.661. The summed E-state index contributed by atoms with van der Waals surface area (Å²) in [6.07, 6.45) is 7.81. The van der Waals surface area contributed by atoms with Gasteiger partial charge >= 0.3 is 5.97 Å². The van der Waals surface area contributed by atoms with E-state index in [2.05, 4.69) is 34.9 Å². The second kappa shape index (κ2) is 12.2. The average molecular weight is 449 g/mol. The minimum atomic E-state index is -0.742. The van der Waals surface area contributed by atoms with E-state index in [9.17, 15) is 9.59 Å². The van der Waals surface area contributed by atoms with Gasteiger partial charge in [0.15, 0.2) is 0 Å².